The fourth-order valence-corrected chi connectivity index (χ4v) is 5.70. The van der Waals surface area contributed by atoms with Crippen LogP contribution >= 0.6 is 23.1 Å². The van der Waals surface area contributed by atoms with Gasteiger partial charge in [-0.05, 0) is 49.4 Å². The third kappa shape index (κ3) is 2.66. The minimum absolute atomic E-state index is 0.114. The number of hydrogen-bond donors (Lipinski definition) is 0. The molecule has 0 atom stereocenters. The van der Waals surface area contributed by atoms with Crippen LogP contribution in [0.25, 0.3) is 21.1 Å². The molecule has 0 aliphatic heterocycles. The van der Waals surface area contributed by atoms with Crippen molar-refractivity contribution in [1.29, 1.82) is 0 Å². The molecule has 26 heavy (non-hydrogen) atoms. The number of rotatable bonds is 2. The number of thioether (sulfide) groups is 1. The van der Waals surface area contributed by atoms with Crippen LogP contribution in [0.3, 0.4) is 0 Å². The quantitative estimate of drug-likeness (QED) is 0.427. The second-order valence-corrected chi connectivity index (χ2v) is 8.66. The molecule has 0 N–H and O–H groups in total. The molecular formula is C21H18N2OS2. The summed E-state index contributed by atoms with van der Waals surface area (Å²) in [6.07, 6.45) is 4.46. The van der Waals surface area contributed by atoms with Gasteiger partial charge in [-0.25, -0.2) is 4.98 Å². The lowest BCUT2D eigenvalue weighted by atomic mass is 9.96. The highest BCUT2D eigenvalue weighted by Gasteiger charge is 2.23. The summed E-state index contributed by atoms with van der Waals surface area (Å²) < 4.78 is 3.14. The van der Waals surface area contributed by atoms with E-state index in [2.05, 4.69) is 29.2 Å². The SMILES string of the molecule is O=C(SCc1nc2ccccc2s1)n1c2c(c3ccccc31)CCCC2. The third-order valence-electron chi connectivity index (χ3n) is 5.02. The van der Waals surface area contributed by atoms with E-state index in [1.807, 2.05) is 28.8 Å². The van der Waals surface area contributed by atoms with Crippen molar-refractivity contribution in [3.63, 3.8) is 0 Å². The van der Waals surface area contributed by atoms with Gasteiger partial charge in [0.1, 0.15) is 5.01 Å². The van der Waals surface area contributed by atoms with Gasteiger partial charge >= 0.3 is 0 Å². The van der Waals surface area contributed by atoms with E-state index in [-0.39, 0.29) is 5.24 Å². The summed E-state index contributed by atoms with van der Waals surface area (Å²) in [7, 11) is 0. The van der Waals surface area contributed by atoms with Crippen molar-refractivity contribution in [1.82, 2.24) is 9.55 Å². The van der Waals surface area contributed by atoms with Gasteiger partial charge in [-0.2, -0.15) is 0 Å². The number of fused-ring (bicyclic) bond motifs is 4. The van der Waals surface area contributed by atoms with E-state index in [0.717, 1.165) is 28.9 Å². The summed E-state index contributed by atoms with van der Waals surface area (Å²) in [4.78, 5) is 17.7. The number of aromatic nitrogens is 2. The maximum atomic E-state index is 13.1. The summed E-state index contributed by atoms with van der Waals surface area (Å²) in [6.45, 7) is 0. The molecule has 2 heterocycles. The lowest BCUT2D eigenvalue weighted by molar-refractivity contribution is 0.262. The molecule has 5 rings (SSSR count). The summed E-state index contributed by atoms with van der Waals surface area (Å²) >= 11 is 3.04. The average Bonchev–Trinajstić information content (AvgIpc) is 3.25. The predicted octanol–water partition coefficient (Wildman–Crippen LogP) is 6.03. The molecule has 0 saturated heterocycles. The molecule has 0 fully saturated rings. The molecule has 0 saturated carbocycles. The first-order chi connectivity index (χ1) is 12.8. The highest BCUT2D eigenvalue weighted by molar-refractivity contribution is 8.13. The van der Waals surface area contributed by atoms with Crippen LogP contribution in [0.1, 0.15) is 29.1 Å². The van der Waals surface area contributed by atoms with Gasteiger partial charge in [-0.3, -0.25) is 9.36 Å². The zero-order valence-corrected chi connectivity index (χ0v) is 15.9. The Morgan fingerprint density at radius 1 is 1.08 bits per heavy atom. The molecule has 1 aliphatic rings. The van der Waals surface area contributed by atoms with E-state index < -0.39 is 0 Å². The fourth-order valence-electron chi connectivity index (χ4n) is 3.87. The van der Waals surface area contributed by atoms with Crippen LogP contribution in [-0.4, -0.2) is 14.8 Å². The molecule has 0 amide bonds. The summed E-state index contributed by atoms with van der Waals surface area (Å²) in [5, 5.41) is 2.37. The lowest BCUT2D eigenvalue weighted by Gasteiger charge is -2.14. The van der Waals surface area contributed by atoms with Crippen molar-refractivity contribution in [2.45, 2.75) is 31.4 Å². The van der Waals surface area contributed by atoms with Crippen molar-refractivity contribution in [3.8, 4) is 0 Å². The molecule has 0 spiro atoms. The normalized spacial score (nSPS) is 14.0. The molecule has 3 nitrogen and oxygen atoms in total. The number of aryl methyl sites for hydroxylation is 1. The maximum absolute atomic E-state index is 13.1. The molecule has 1 aliphatic carbocycles. The second-order valence-electron chi connectivity index (χ2n) is 6.61. The second kappa shape index (κ2) is 6.56. The number of thiazole rings is 1. The number of hydrogen-bond acceptors (Lipinski definition) is 4. The predicted molar refractivity (Wildman–Crippen MR) is 110 cm³/mol. The smallest absolute Gasteiger partial charge is 0.275 e. The number of nitrogens with zero attached hydrogens (tertiary/aromatic N) is 2. The van der Waals surface area contributed by atoms with Crippen molar-refractivity contribution in [2.24, 2.45) is 0 Å². The van der Waals surface area contributed by atoms with Crippen LogP contribution in [0, 0.1) is 0 Å². The van der Waals surface area contributed by atoms with Crippen molar-refractivity contribution in [2.75, 3.05) is 0 Å². The molecule has 5 heteroatoms. The molecule has 0 bridgehead atoms. The number of benzene rings is 2. The highest BCUT2D eigenvalue weighted by Crippen LogP contribution is 2.34. The summed E-state index contributed by atoms with van der Waals surface area (Å²) in [6, 6.07) is 16.5. The molecule has 2 aromatic heterocycles. The lowest BCUT2D eigenvalue weighted by Crippen LogP contribution is -2.13. The van der Waals surface area contributed by atoms with E-state index in [1.54, 1.807) is 11.3 Å². The van der Waals surface area contributed by atoms with Crippen LogP contribution < -0.4 is 0 Å². The monoisotopic (exact) mass is 378 g/mol. The van der Waals surface area contributed by atoms with E-state index in [9.17, 15) is 4.79 Å². The van der Waals surface area contributed by atoms with Gasteiger partial charge in [0.2, 0.25) is 0 Å². The first-order valence-electron chi connectivity index (χ1n) is 8.94. The Bertz CT molecular complexity index is 1090. The number of carbonyl (C=O) groups excluding carboxylic acids is 1. The van der Waals surface area contributed by atoms with E-state index in [0.29, 0.717) is 5.75 Å². The Morgan fingerprint density at radius 2 is 1.88 bits per heavy atom. The van der Waals surface area contributed by atoms with Crippen LogP contribution in [-0.2, 0) is 18.6 Å². The van der Waals surface area contributed by atoms with Crippen LogP contribution in [0.4, 0.5) is 4.79 Å². The minimum atomic E-state index is 0.114. The molecular weight excluding hydrogens is 360 g/mol. The van der Waals surface area contributed by atoms with Crippen molar-refractivity contribution < 1.29 is 4.79 Å². The van der Waals surface area contributed by atoms with Crippen molar-refractivity contribution in [3.05, 3.63) is 64.8 Å². The zero-order chi connectivity index (χ0) is 17.5. The fraction of sp³-hybridized carbons (Fsp3) is 0.238. The van der Waals surface area contributed by atoms with Gasteiger partial charge in [0.05, 0.1) is 21.5 Å². The van der Waals surface area contributed by atoms with E-state index in [4.69, 9.17) is 0 Å². The Morgan fingerprint density at radius 3 is 2.81 bits per heavy atom. The Hall–Kier alpha value is -2.11. The summed E-state index contributed by atoms with van der Waals surface area (Å²) in [5.74, 6) is 0.624. The highest BCUT2D eigenvalue weighted by atomic mass is 32.2. The molecule has 130 valence electrons. The Balaban J connectivity index is 1.47. The minimum Gasteiger partial charge on any atom is -0.275 e. The zero-order valence-electron chi connectivity index (χ0n) is 14.3. The van der Waals surface area contributed by atoms with Gasteiger partial charge < -0.3 is 0 Å². The topological polar surface area (TPSA) is 34.9 Å². The molecule has 0 radical (unpaired) electrons. The number of carbonyl (C=O) groups is 1. The molecule has 2 aromatic carbocycles. The van der Waals surface area contributed by atoms with Gasteiger partial charge in [0, 0.05) is 11.1 Å². The first kappa shape index (κ1) is 16.1. The molecule has 4 aromatic rings. The maximum Gasteiger partial charge on any atom is 0.290 e. The van der Waals surface area contributed by atoms with E-state index in [1.165, 1.54) is 45.9 Å². The van der Waals surface area contributed by atoms with E-state index >= 15 is 0 Å². The average molecular weight is 379 g/mol. The standard InChI is InChI=1S/C21H18N2OS2/c24-21(25-13-20-22-16-9-3-6-12-19(16)26-20)23-17-10-4-1-7-14(17)15-8-2-5-11-18(15)23/h1,3-4,6-7,9-10,12H,2,5,8,11,13H2. The van der Waals surface area contributed by atoms with Gasteiger partial charge in [-0.15, -0.1) is 11.3 Å². The number of para-hydroxylation sites is 2. The van der Waals surface area contributed by atoms with Crippen LogP contribution in [0.5, 0.6) is 0 Å². The Labute approximate surface area is 160 Å². The van der Waals surface area contributed by atoms with Crippen LogP contribution in [0.15, 0.2) is 48.5 Å². The molecule has 0 unspecified atom stereocenters. The van der Waals surface area contributed by atoms with Crippen molar-refractivity contribution >= 4 is 49.5 Å². The Kier molecular flexibility index (Phi) is 4.06. The third-order valence-corrected chi connectivity index (χ3v) is 7.08. The van der Waals surface area contributed by atoms with Crippen LogP contribution in [0.2, 0.25) is 0 Å². The van der Waals surface area contributed by atoms with Gasteiger partial charge in [-0.1, -0.05) is 42.1 Å². The van der Waals surface area contributed by atoms with Gasteiger partial charge in [0.25, 0.3) is 5.24 Å². The summed E-state index contributed by atoms with van der Waals surface area (Å²) in [5.41, 5.74) is 4.67. The first-order valence-corrected chi connectivity index (χ1v) is 10.7. The van der Waals surface area contributed by atoms with Gasteiger partial charge in [0.15, 0.2) is 0 Å². The largest absolute Gasteiger partial charge is 0.290 e.